The molecule has 0 aromatic rings. The molecule has 18 heavy (non-hydrogen) atoms. The van der Waals surface area contributed by atoms with Gasteiger partial charge in [-0.15, -0.1) is 0 Å². The number of nitrogens with zero attached hydrogens (tertiary/aromatic N) is 2. The standard InChI is InChI=1S/C14H25N3S/c1-2-16-5-7-17(8-6-16)14(18)15-13-10-11-3-4-12(13)9-11/h11-13H,2-10H2,1H3,(H,15,18)/t11-,12-,13+/m1/s1. The van der Waals surface area contributed by atoms with Crippen LogP contribution in [0.1, 0.15) is 32.6 Å². The van der Waals surface area contributed by atoms with Crippen LogP contribution in [0.5, 0.6) is 0 Å². The fraction of sp³-hybridized carbons (Fsp3) is 0.929. The van der Waals surface area contributed by atoms with Gasteiger partial charge in [0.05, 0.1) is 0 Å². The van der Waals surface area contributed by atoms with Crippen LogP contribution < -0.4 is 5.32 Å². The van der Waals surface area contributed by atoms with Crippen molar-refractivity contribution < 1.29 is 0 Å². The van der Waals surface area contributed by atoms with Crippen molar-refractivity contribution in [3.63, 3.8) is 0 Å². The van der Waals surface area contributed by atoms with Gasteiger partial charge in [-0.2, -0.15) is 0 Å². The van der Waals surface area contributed by atoms with E-state index in [1.807, 2.05) is 0 Å². The molecule has 0 unspecified atom stereocenters. The van der Waals surface area contributed by atoms with Crippen molar-refractivity contribution in [1.29, 1.82) is 0 Å². The molecule has 3 atom stereocenters. The predicted octanol–water partition coefficient (Wildman–Crippen LogP) is 1.69. The molecule has 0 spiro atoms. The van der Waals surface area contributed by atoms with Gasteiger partial charge in [-0.05, 0) is 49.9 Å². The molecule has 3 aliphatic rings. The molecule has 4 heteroatoms. The van der Waals surface area contributed by atoms with E-state index in [2.05, 4.69) is 22.0 Å². The Labute approximate surface area is 116 Å². The van der Waals surface area contributed by atoms with Crippen LogP contribution in [0, 0.1) is 11.8 Å². The second kappa shape index (κ2) is 5.33. The van der Waals surface area contributed by atoms with Crippen LogP contribution >= 0.6 is 12.2 Å². The van der Waals surface area contributed by atoms with Gasteiger partial charge in [-0.1, -0.05) is 13.3 Å². The van der Waals surface area contributed by atoms with E-state index in [9.17, 15) is 0 Å². The number of hydrogen-bond donors (Lipinski definition) is 1. The van der Waals surface area contributed by atoms with Gasteiger partial charge in [-0.3, -0.25) is 0 Å². The van der Waals surface area contributed by atoms with Crippen LogP contribution in [0.25, 0.3) is 0 Å². The molecule has 2 bridgehead atoms. The van der Waals surface area contributed by atoms with Crippen molar-refractivity contribution in [2.75, 3.05) is 32.7 Å². The number of rotatable bonds is 2. The summed E-state index contributed by atoms with van der Waals surface area (Å²) in [4.78, 5) is 4.87. The Hall–Kier alpha value is -0.350. The lowest BCUT2D eigenvalue weighted by Gasteiger charge is -2.37. The van der Waals surface area contributed by atoms with Crippen LogP contribution in [0.3, 0.4) is 0 Å². The quantitative estimate of drug-likeness (QED) is 0.767. The van der Waals surface area contributed by atoms with E-state index in [1.165, 1.54) is 32.2 Å². The van der Waals surface area contributed by atoms with E-state index >= 15 is 0 Å². The number of thiocarbonyl (C=S) groups is 1. The first-order valence-corrected chi connectivity index (χ1v) is 7.95. The zero-order chi connectivity index (χ0) is 12.5. The Kier molecular flexibility index (Phi) is 3.76. The zero-order valence-corrected chi connectivity index (χ0v) is 12.2. The number of likely N-dealkylation sites (N-methyl/N-ethyl adjacent to an activating group) is 1. The Morgan fingerprint density at radius 3 is 2.50 bits per heavy atom. The molecule has 3 fully saturated rings. The van der Waals surface area contributed by atoms with Crippen molar-refractivity contribution in [2.45, 2.75) is 38.6 Å². The number of fused-ring (bicyclic) bond motifs is 2. The van der Waals surface area contributed by atoms with Crippen molar-refractivity contribution in [3.05, 3.63) is 0 Å². The summed E-state index contributed by atoms with van der Waals surface area (Å²) >= 11 is 5.60. The third-order valence-corrected chi connectivity index (χ3v) is 5.53. The van der Waals surface area contributed by atoms with Crippen molar-refractivity contribution in [3.8, 4) is 0 Å². The Balaban J connectivity index is 1.47. The molecule has 2 aliphatic carbocycles. The molecule has 1 heterocycles. The largest absolute Gasteiger partial charge is 0.360 e. The fourth-order valence-electron chi connectivity index (χ4n) is 3.94. The summed E-state index contributed by atoms with van der Waals surface area (Å²) in [5, 5.41) is 4.67. The van der Waals surface area contributed by atoms with Crippen molar-refractivity contribution in [1.82, 2.24) is 15.1 Å². The van der Waals surface area contributed by atoms with E-state index in [4.69, 9.17) is 12.2 Å². The highest BCUT2D eigenvalue weighted by molar-refractivity contribution is 7.80. The van der Waals surface area contributed by atoms with Gasteiger partial charge in [0.2, 0.25) is 0 Å². The molecule has 0 aromatic heterocycles. The molecule has 1 saturated heterocycles. The van der Waals surface area contributed by atoms with Gasteiger partial charge in [0.25, 0.3) is 0 Å². The second-order valence-corrected chi connectivity index (χ2v) is 6.54. The van der Waals surface area contributed by atoms with E-state index in [0.29, 0.717) is 6.04 Å². The van der Waals surface area contributed by atoms with Crippen LogP contribution in [-0.2, 0) is 0 Å². The van der Waals surface area contributed by atoms with Gasteiger partial charge in [0.15, 0.2) is 5.11 Å². The average Bonchev–Trinajstić information content (AvgIpc) is 3.01. The highest BCUT2D eigenvalue weighted by atomic mass is 32.1. The number of piperazine rings is 1. The smallest absolute Gasteiger partial charge is 0.169 e. The third-order valence-electron chi connectivity index (χ3n) is 5.15. The Morgan fingerprint density at radius 2 is 1.94 bits per heavy atom. The summed E-state index contributed by atoms with van der Waals surface area (Å²) < 4.78 is 0. The van der Waals surface area contributed by atoms with Gasteiger partial charge in [0.1, 0.15) is 0 Å². The topological polar surface area (TPSA) is 18.5 Å². The highest BCUT2D eigenvalue weighted by Gasteiger charge is 2.40. The SMILES string of the molecule is CCN1CCN(C(=S)N[C@H]2C[C@@H]3CC[C@@H]2C3)CC1. The molecule has 2 saturated carbocycles. The van der Waals surface area contributed by atoms with E-state index in [-0.39, 0.29) is 0 Å². The summed E-state index contributed by atoms with van der Waals surface area (Å²) in [5.41, 5.74) is 0. The van der Waals surface area contributed by atoms with Crippen LogP contribution in [0.4, 0.5) is 0 Å². The van der Waals surface area contributed by atoms with Crippen molar-refractivity contribution >= 4 is 17.3 Å². The zero-order valence-electron chi connectivity index (χ0n) is 11.4. The fourth-order valence-corrected chi connectivity index (χ4v) is 4.27. The van der Waals surface area contributed by atoms with Gasteiger partial charge in [0, 0.05) is 32.2 Å². The van der Waals surface area contributed by atoms with E-state index < -0.39 is 0 Å². The highest BCUT2D eigenvalue weighted by Crippen LogP contribution is 2.44. The lowest BCUT2D eigenvalue weighted by Crippen LogP contribution is -2.53. The molecule has 1 N–H and O–H groups in total. The maximum Gasteiger partial charge on any atom is 0.169 e. The minimum Gasteiger partial charge on any atom is -0.360 e. The van der Waals surface area contributed by atoms with Crippen LogP contribution in [-0.4, -0.2) is 53.7 Å². The first-order chi connectivity index (χ1) is 8.76. The Bertz CT molecular complexity index is 312. The maximum atomic E-state index is 5.60. The van der Waals surface area contributed by atoms with Gasteiger partial charge in [-0.25, -0.2) is 0 Å². The molecular formula is C14H25N3S. The minimum absolute atomic E-state index is 0.681. The lowest BCUT2D eigenvalue weighted by molar-refractivity contribution is 0.187. The monoisotopic (exact) mass is 267 g/mol. The summed E-state index contributed by atoms with van der Waals surface area (Å²) in [5.74, 6) is 1.90. The molecule has 3 rings (SSSR count). The molecule has 0 radical (unpaired) electrons. The maximum absolute atomic E-state index is 5.60. The Morgan fingerprint density at radius 1 is 1.17 bits per heavy atom. The summed E-state index contributed by atoms with van der Waals surface area (Å²) in [6, 6.07) is 0.681. The number of hydrogen-bond acceptors (Lipinski definition) is 2. The van der Waals surface area contributed by atoms with Crippen LogP contribution in [0.2, 0.25) is 0 Å². The normalized spacial score (nSPS) is 36.1. The molecule has 0 aromatic carbocycles. The predicted molar refractivity (Wildman–Crippen MR) is 78.7 cm³/mol. The first-order valence-electron chi connectivity index (χ1n) is 7.54. The third kappa shape index (κ3) is 2.50. The van der Waals surface area contributed by atoms with E-state index in [1.54, 1.807) is 0 Å². The van der Waals surface area contributed by atoms with Crippen LogP contribution in [0.15, 0.2) is 0 Å². The van der Waals surface area contributed by atoms with Crippen molar-refractivity contribution in [2.24, 2.45) is 11.8 Å². The molecule has 1 aliphatic heterocycles. The molecule has 3 nitrogen and oxygen atoms in total. The van der Waals surface area contributed by atoms with Gasteiger partial charge < -0.3 is 15.1 Å². The summed E-state index contributed by atoms with van der Waals surface area (Å²) in [7, 11) is 0. The van der Waals surface area contributed by atoms with E-state index in [0.717, 1.165) is 43.1 Å². The lowest BCUT2D eigenvalue weighted by atomic mass is 9.95. The van der Waals surface area contributed by atoms with Gasteiger partial charge >= 0.3 is 0 Å². The second-order valence-electron chi connectivity index (χ2n) is 6.15. The first kappa shape index (κ1) is 12.7. The number of nitrogens with one attached hydrogen (secondary N) is 1. The molecular weight excluding hydrogens is 242 g/mol. The molecule has 0 amide bonds. The average molecular weight is 267 g/mol. The summed E-state index contributed by atoms with van der Waals surface area (Å²) in [6.45, 7) is 7.92. The summed E-state index contributed by atoms with van der Waals surface area (Å²) in [6.07, 6.45) is 5.70. The minimum atomic E-state index is 0.681. The molecule has 102 valence electrons.